The van der Waals surface area contributed by atoms with E-state index in [4.69, 9.17) is 16.3 Å². The molecule has 1 unspecified atom stereocenters. The van der Waals surface area contributed by atoms with Crippen molar-refractivity contribution in [1.29, 1.82) is 0 Å². The zero-order valence-electron chi connectivity index (χ0n) is 12.3. The van der Waals surface area contributed by atoms with Crippen LogP contribution in [-0.4, -0.2) is 12.6 Å². The molecule has 2 rings (SSSR count). The molecule has 0 bridgehead atoms. The van der Waals surface area contributed by atoms with Crippen LogP contribution in [0.4, 0.5) is 0 Å². The van der Waals surface area contributed by atoms with Crippen molar-refractivity contribution in [2.45, 2.75) is 25.7 Å². The first-order chi connectivity index (χ1) is 10.1. The molecule has 0 N–H and O–H groups in total. The van der Waals surface area contributed by atoms with E-state index in [0.717, 1.165) is 11.1 Å². The molecule has 3 heteroatoms. The number of carbonyl (C=O) groups excluding carboxylic acids is 1. The Bertz CT molecular complexity index is 610. The summed E-state index contributed by atoms with van der Waals surface area (Å²) in [5.41, 5.74) is 1.22. The van der Waals surface area contributed by atoms with Gasteiger partial charge >= 0.3 is 5.97 Å². The van der Waals surface area contributed by atoms with Gasteiger partial charge in [-0.2, -0.15) is 0 Å². The second-order valence-electron chi connectivity index (χ2n) is 5.23. The van der Waals surface area contributed by atoms with Gasteiger partial charge < -0.3 is 4.74 Å². The Hall–Kier alpha value is -1.80. The highest BCUT2D eigenvalue weighted by molar-refractivity contribution is 6.30. The number of hydrogen-bond acceptors (Lipinski definition) is 2. The summed E-state index contributed by atoms with van der Waals surface area (Å²) >= 11 is 6.08. The van der Waals surface area contributed by atoms with Gasteiger partial charge in [0.05, 0.1) is 12.0 Å². The van der Waals surface area contributed by atoms with E-state index in [2.05, 4.69) is 0 Å². The van der Waals surface area contributed by atoms with Crippen LogP contribution in [0.5, 0.6) is 0 Å². The number of benzene rings is 2. The highest BCUT2D eigenvalue weighted by Gasteiger charge is 2.37. The predicted octanol–water partition coefficient (Wildman–Crippen LogP) is 4.40. The summed E-state index contributed by atoms with van der Waals surface area (Å²) in [5, 5.41) is 0.621. The van der Waals surface area contributed by atoms with Gasteiger partial charge in [-0.3, -0.25) is 4.79 Å². The van der Waals surface area contributed by atoms with Crippen molar-refractivity contribution in [2.75, 3.05) is 6.61 Å². The lowest BCUT2D eigenvalue weighted by Gasteiger charge is -2.28. The molecule has 21 heavy (non-hydrogen) atoms. The van der Waals surface area contributed by atoms with Crippen LogP contribution in [0.2, 0.25) is 5.02 Å². The molecule has 0 saturated heterocycles. The third kappa shape index (κ3) is 3.64. The zero-order valence-corrected chi connectivity index (χ0v) is 13.1. The van der Waals surface area contributed by atoms with Crippen LogP contribution in [-0.2, 0) is 21.4 Å². The summed E-state index contributed by atoms with van der Waals surface area (Å²) < 4.78 is 5.29. The zero-order chi connectivity index (χ0) is 15.3. The lowest BCUT2D eigenvalue weighted by Crippen LogP contribution is -2.36. The summed E-state index contributed by atoms with van der Waals surface area (Å²) in [4.78, 5) is 12.5. The third-order valence-electron chi connectivity index (χ3n) is 3.59. The van der Waals surface area contributed by atoms with Crippen LogP contribution >= 0.6 is 11.6 Å². The maximum Gasteiger partial charge on any atom is 0.316 e. The molecule has 0 aliphatic carbocycles. The van der Waals surface area contributed by atoms with Gasteiger partial charge in [0, 0.05) is 5.02 Å². The molecule has 0 fully saturated rings. The van der Waals surface area contributed by atoms with E-state index >= 15 is 0 Å². The Kier molecular flexibility index (Phi) is 5.03. The third-order valence-corrected chi connectivity index (χ3v) is 3.82. The monoisotopic (exact) mass is 302 g/mol. The minimum atomic E-state index is -0.748. The fraction of sp³-hybridized carbons (Fsp3) is 0.278. The molecule has 0 amide bonds. The van der Waals surface area contributed by atoms with E-state index in [1.807, 2.05) is 62.4 Å². The molecule has 0 aliphatic rings. The molecule has 2 aromatic rings. The number of halogens is 1. The molecule has 0 aromatic heterocycles. The molecule has 0 spiro atoms. The van der Waals surface area contributed by atoms with Crippen molar-refractivity contribution in [2.24, 2.45) is 0 Å². The van der Waals surface area contributed by atoms with Crippen LogP contribution in [0.1, 0.15) is 25.0 Å². The Morgan fingerprint density at radius 3 is 2.48 bits per heavy atom. The smallest absolute Gasteiger partial charge is 0.316 e. The summed E-state index contributed by atoms with van der Waals surface area (Å²) in [7, 11) is 0. The standard InChI is InChI=1S/C18H19ClO2/c1-3-21-17(20)18(2,13-14-8-5-4-6-9-14)15-10-7-11-16(19)12-15/h4-12H,3,13H2,1-2H3. The lowest BCUT2D eigenvalue weighted by molar-refractivity contribution is -0.149. The second kappa shape index (κ2) is 6.77. The van der Waals surface area contributed by atoms with Crippen LogP contribution in [0.15, 0.2) is 54.6 Å². The van der Waals surface area contributed by atoms with Crippen molar-refractivity contribution in [3.63, 3.8) is 0 Å². The summed E-state index contributed by atoms with van der Waals surface area (Å²) in [6.45, 7) is 4.09. The number of carbonyl (C=O) groups is 1. The molecule has 0 saturated carbocycles. The minimum absolute atomic E-state index is 0.226. The maximum absolute atomic E-state index is 12.5. The van der Waals surface area contributed by atoms with Crippen LogP contribution in [0.25, 0.3) is 0 Å². The van der Waals surface area contributed by atoms with Crippen LogP contribution in [0.3, 0.4) is 0 Å². The van der Waals surface area contributed by atoms with E-state index in [1.165, 1.54) is 0 Å². The van der Waals surface area contributed by atoms with Gasteiger partial charge in [-0.15, -0.1) is 0 Å². The van der Waals surface area contributed by atoms with Crippen molar-refractivity contribution < 1.29 is 9.53 Å². The summed E-state index contributed by atoms with van der Waals surface area (Å²) in [5.74, 6) is -0.226. The van der Waals surface area contributed by atoms with Crippen molar-refractivity contribution >= 4 is 17.6 Å². The van der Waals surface area contributed by atoms with Gasteiger partial charge in [0.15, 0.2) is 0 Å². The molecule has 2 aromatic carbocycles. The van der Waals surface area contributed by atoms with Crippen LogP contribution in [0, 0.1) is 0 Å². The summed E-state index contributed by atoms with van der Waals surface area (Å²) in [6.07, 6.45) is 0.576. The molecule has 0 heterocycles. The van der Waals surface area contributed by atoms with Gasteiger partial charge in [0.25, 0.3) is 0 Å². The van der Waals surface area contributed by atoms with Crippen molar-refractivity contribution in [3.05, 3.63) is 70.7 Å². The molecule has 110 valence electrons. The van der Waals surface area contributed by atoms with E-state index in [-0.39, 0.29) is 5.97 Å². The summed E-state index contributed by atoms with van der Waals surface area (Å²) in [6, 6.07) is 17.4. The molecule has 0 aliphatic heterocycles. The van der Waals surface area contributed by atoms with E-state index in [9.17, 15) is 4.79 Å². The first kappa shape index (κ1) is 15.6. The van der Waals surface area contributed by atoms with Crippen molar-refractivity contribution in [1.82, 2.24) is 0 Å². The fourth-order valence-corrected chi connectivity index (χ4v) is 2.61. The number of hydrogen-bond donors (Lipinski definition) is 0. The molecular weight excluding hydrogens is 284 g/mol. The Balaban J connectivity index is 2.41. The molecular formula is C18H19ClO2. The predicted molar refractivity (Wildman–Crippen MR) is 85.6 cm³/mol. The highest BCUT2D eigenvalue weighted by Crippen LogP contribution is 2.31. The Morgan fingerprint density at radius 1 is 1.14 bits per heavy atom. The van der Waals surface area contributed by atoms with Crippen molar-refractivity contribution in [3.8, 4) is 0 Å². The molecule has 0 radical (unpaired) electrons. The number of ether oxygens (including phenoxy) is 1. The molecule has 2 nitrogen and oxygen atoms in total. The van der Waals surface area contributed by atoms with Gasteiger partial charge in [-0.1, -0.05) is 54.1 Å². The Morgan fingerprint density at radius 2 is 1.86 bits per heavy atom. The Labute approximate surface area is 130 Å². The lowest BCUT2D eigenvalue weighted by atomic mass is 9.77. The van der Waals surface area contributed by atoms with Gasteiger partial charge in [0.1, 0.15) is 0 Å². The van der Waals surface area contributed by atoms with E-state index in [1.54, 1.807) is 6.07 Å². The van der Waals surface area contributed by atoms with E-state index < -0.39 is 5.41 Å². The number of rotatable bonds is 5. The SMILES string of the molecule is CCOC(=O)C(C)(Cc1ccccc1)c1cccc(Cl)c1. The fourth-order valence-electron chi connectivity index (χ4n) is 2.42. The molecule has 1 atom stereocenters. The normalized spacial score (nSPS) is 13.5. The quantitative estimate of drug-likeness (QED) is 0.765. The topological polar surface area (TPSA) is 26.3 Å². The minimum Gasteiger partial charge on any atom is -0.465 e. The first-order valence-corrected chi connectivity index (χ1v) is 7.41. The van der Waals surface area contributed by atoms with Crippen LogP contribution < -0.4 is 0 Å². The number of esters is 1. The largest absolute Gasteiger partial charge is 0.465 e. The average Bonchev–Trinajstić information content (AvgIpc) is 2.48. The second-order valence-corrected chi connectivity index (χ2v) is 5.66. The van der Waals surface area contributed by atoms with Gasteiger partial charge in [-0.25, -0.2) is 0 Å². The van der Waals surface area contributed by atoms with Gasteiger partial charge in [0.2, 0.25) is 0 Å². The average molecular weight is 303 g/mol. The van der Waals surface area contributed by atoms with E-state index in [0.29, 0.717) is 18.1 Å². The maximum atomic E-state index is 12.5. The van der Waals surface area contributed by atoms with Gasteiger partial charge in [-0.05, 0) is 43.5 Å². The highest BCUT2D eigenvalue weighted by atomic mass is 35.5. The first-order valence-electron chi connectivity index (χ1n) is 7.03.